The predicted octanol–water partition coefficient (Wildman–Crippen LogP) is 2.21. The molecule has 1 saturated heterocycles. The van der Waals surface area contributed by atoms with E-state index in [0.717, 1.165) is 11.3 Å². The lowest BCUT2D eigenvalue weighted by Crippen LogP contribution is -2.30. The van der Waals surface area contributed by atoms with Crippen molar-refractivity contribution in [1.29, 1.82) is 0 Å². The van der Waals surface area contributed by atoms with Crippen LogP contribution in [-0.2, 0) is 9.59 Å². The topological polar surface area (TPSA) is 80.2 Å². The first-order valence-electron chi connectivity index (χ1n) is 8.52. The van der Waals surface area contributed by atoms with E-state index in [2.05, 4.69) is 10.5 Å². The number of amides is 2. The van der Waals surface area contributed by atoms with Crippen molar-refractivity contribution < 1.29 is 19.1 Å². The average Bonchev–Trinajstić information content (AvgIpc) is 3.10. The summed E-state index contributed by atoms with van der Waals surface area (Å²) in [5.74, 6) is 0.552. The van der Waals surface area contributed by atoms with Gasteiger partial charge in [0.2, 0.25) is 11.8 Å². The van der Waals surface area contributed by atoms with Crippen LogP contribution in [0.5, 0.6) is 11.5 Å². The Labute approximate surface area is 157 Å². The van der Waals surface area contributed by atoms with Crippen molar-refractivity contribution >= 4 is 23.7 Å². The fourth-order valence-electron chi connectivity index (χ4n) is 2.92. The van der Waals surface area contributed by atoms with E-state index in [1.165, 1.54) is 6.21 Å². The lowest BCUT2D eigenvalue weighted by Gasteiger charge is -2.16. The quantitative estimate of drug-likeness (QED) is 0.627. The average molecular weight is 367 g/mol. The molecule has 1 aliphatic rings. The largest absolute Gasteiger partial charge is 0.497 e. The smallest absolute Gasteiger partial charge is 0.245 e. The number of carbonyl (C=O) groups is 2. The Hall–Kier alpha value is -3.35. The van der Waals surface area contributed by atoms with E-state index in [0.29, 0.717) is 18.0 Å². The molecular weight excluding hydrogens is 346 g/mol. The van der Waals surface area contributed by atoms with Crippen LogP contribution < -0.4 is 19.8 Å². The van der Waals surface area contributed by atoms with Crippen LogP contribution in [0.25, 0.3) is 0 Å². The molecule has 1 N–H and O–H groups in total. The van der Waals surface area contributed by atoms with Crippen LogP contribution >= 0.6 is 0 Å². The summed E-state index contributed by atoms with van der Waals surface area (Å²) in [6.45, 7) is 0.321. The number of anilines is 1. The van der Waals surface area contributed by atoms with Gasteiger partial charge in [-0.2, -0.15) is 5.10 Å². The van der Waals surface area contributed by atoms with Gasteiger partial charge in [-0.1, -0.05) is 12.1 Å². The van der Waals surface area contributed by atoms with E-state index in [1.807, 2.05) is 24.3 Å². The Morgan fingerprint density at radius 1 is 1.15 bits per heavy atom. The van der Waals surface area contributed by atoms with E-state index < -0.39 is 5.92 Å². The van der Waals surface area contributed by atoms with E-state index >= 15 is 0 Å². The number of hydrazone groups is 1. The zero-order valence-corrected chi connectivity index (χ0v) is 15.2. The molecule has 2 aromatic rings. The summed E-state index contributed by atoms with van der Waals surface area (Å²) in [4.78, 5) is 26.2. The summed E-state index contributed by atoms with van der Waals surface area (Å²) in [7, 11) is 3.16. The van der Waals surface area contributed by atoms with E-state index in [9.17, 15) is 9.59 Å². The minimum atomic E-state index is -0.450. The summed E-state index contributed by atoms with van der Waals surface area (Å²) in [6.07, 6.45) is 1.68. The third kappa shape index (κ3) is 4.25. The molecule has 1 aliphatic heterocycles. The maximum Gasteiger partial charge on any atom is 0.245 e. The lowest BCUT2D eigenvalue weighted by molar-refractivity contribution is -0.126. The SMILES string of the molecule is COc1ccc(N2C[C@@H](C(=O)N/N=C/c3ccccc3OC)CC2=O)cc1. The van der Waals surface area contributed by atoms with Gasteiger partial charge in [-0.25, -0.2) is 5.43 Å². The number of rotatable bonds is 6. The summed E-state index contributed by atoms with van der Waals surface area (Å²) in [5.41, 5.74) is 4.01. The maximum absolute atomic E-state index is 12.4. The van der Waals surface area contributed by atoms with Crippen LogP contribution in [-0.4, -0.2) is 38.8 Å². The van der Waals surface area contributed by atoms with Crippen molar-refractivity contribution in [3.63, 3.8) is 0 Å². The van der Waals surface area contributed by atoms with Gasteiger partial charge in [0.25, 0.3) is 0 Å². The van der Waals surface area contributed by atoms with Crippen LogP contribution in [0.3, 0.4) is 0 Å². The predicted molar refractivity (Wildman–Crippen MR) is 102 cm³/mol. The standard InChI is InChI=1S/C20H21N3O4/c1-26-17-9-7-16(8-10-17)23-13-15(11-19(23)24)20(25)22-21-12-14-5-3-4-6-18(14)27-2/h3-10,12,15H,11,13H2,1-2H3,(H,22,25)/b21-12+/t15-/m0/s1. The molecule has 1 fully saturated rings. The minimum absolute atomic E-state index is 0.0889. The Morgan fingerprint density at radius 3 is 2.59 bits per heavy atom. The third-order valence-corrected chi connectivity index (χ3v) is 4.40. The fourth-order valence-corrected chi connectivity index (χ4v) is 2.92. The second kappa shape index (κ2) is 8.35. The van der Waals surface area contributed by atoms with Crippen LogP contribution in [0.2, 0.25) is 0 Å². The first kappa shape index (κ1) is 18.4. The Morgan fingerprint density at radius 2 is 1.89 bits per heavy atom. The van der Waals surface area contributed by atoms with Crippen LogP contribution in [0, 0.1) is 5.92 Å². The summed E-state index contributed by atoms with van der Waals surface area (Å²) < 4.78 is 10.4. The van der Waals surface area contributed by atoms with E-state index in [1.54, 1.807) is 43.4 Å². The molecule has 1 heterocycles. The Balaban J connectivity index is 1.61. The maximum atomic E-state index is 12.4. The van der Waals surface area contributed by atoms with Crippen LogP contribution in [0.4, 0.5) is 5.69 Å². The van der Waals surface area contributed by atoms with Crippen molar-refractivity contribution in [2.45, 2.75) is 6.42 Å². The van der Waals surface area contributed by atoms with Gasteiger partial charge >= 0.3 is 0 Å². The Bertz CT molecular complexity index is 849. The minimum Gasteiger partial charge on any atom is -0.497 e. The van der Waals surface area contributed by atoms with Crippen LogP contribution in [0.15, 0.2) is 53.6 Å². The monoisotopic (exact) mass is 367 g/mol. The summed E-state index contributed by atoms with van der Waals surface area (Å²) >= 11 is 0. The highest BCUT2D eigenvalue weighted by Crippen LogP contribution is 2.26. The Kier molecular flexibility index (Phi) is 5.71. The molecule has 140 valence electrons. The zero-order valence-electron chi connectivity index (χ0n) is 15.2. The number of nitrogens with one attached hydrogen (secondary N) is 1. The first-order chi connectivity index (χ1) is 13.1. The number of hydrogen-bond donors (Lipinski definition) is 1. The van der Waals surface area contributed by atoms with Gasteiger partial charge in [0.05, 0.1) is 26.4 Å². The molecule has 1 atom stereocenters. The molecule has 3 rings (SSSR count). The van der Waals surface area contributed by atoms with Gasteiger partial charge in [-0.05, 0) is 36.4 Å². The highest BCUT2D eigenvalue weighted by Gasteiger charge is 2.35. The van der Waals surface area contributed by atoms with Crippen molar-refractivity contribution in [2.75, 3.05) is 25.7 Å². The van der Waals surface area contributed by atoms with Gasteiger partial charge in [-0.3, -0.25) is 9.59 Å². The molecule has 2 amide bonds. The van der Waals surface area contributed by atoms with Gasteiger partial charge < -0.3 is 14.4 Å². The van der Waals surface area contributed by atoms with Crippen molar-refractivity contribution in [3.05, 3.63) is 54.1 Å². The highest BCUT2D eigenvalue weighted by atomic mass is 16.5. The molecule has 0 saturated carbocycles. The van der Waals surface area contributed by atoms with Crippen molar-refractivity contribution in [2.24, 2.45) is 11.0 Å². The molecule has 0 aliphatic carbocycles. The second-order valence-corrected chi connectivity index (χ2v) is 6.08. The molecule has 7 nitrogen and oxygen atoms in total. The molecule has 2 aromatic carbocycles. The van der Waals surface area contributed by atoms with Crippen molar-refractivity contribution in [1.82, 2.24) is 5.43 Å². The number of benzene rings is 2. The number of para-hydroxylation sites is 1. The molecular formula is C20H21N3O4. The molecule has 7 heteroatoms. The molecule has 0 bridgehead atoms. The summed E-state index contributed by atoms with van der Waals surface area (Å²) in [5, 5.41) is 3.99. The molecule has 0 radical (unpaired) electrons. The van der Waals surface area contributed by atoms with Gasteiger partial charge in [0.15, 0.2) is 0 Å². The van der Waals surface area contributed by atoms with Crippen LogP contribution in [0.1, 0.15) is 12.0 Å². The normalized spacial score (nSPS) is 16.6. The fraction of sp³-hybridized carbons (Fsp3) is 0.250. The number of ether oxygens (including phenoxy) is 2. The number of methoxy groups -OCH3 is 2. The van der Waals surface area contributed by atoms with Crippen molar-refractivity contribution in [3.8, 4) is 11.5 Å². The third-order valence-electron chi connectivity index (χ3n) is 4.40. The first-order valence-corrected chi connectivity index (χ1v) is 8.52. The zero-order chi connectivity index (χ0) is 19.2. The number of hydrogen-bond acceptors (Lipinski definition) is 5. The highest BCUT2D eigenvalue weighted by molar-refractivity contribution is 6.00. The van der Waals surface area contributed by atoms with Gasteiger partial charge in [0.1, 0.15) is 11.5 Å². The molecule has 0 unspecified atom stereocenters. The van der Waals surface area contributed by atoms with Gasteiger partial charge in [-0.15, -0.1) is 0 Å². The number of nitrogens with zero attached hydrogens (tertiary/aromatic N) is 2. The van der Waals surface area contributed by atoms with E-state index in [-0.39, 0.29) is 18.2 Å². The van der Waals surface area contributed by atoms with E-state index in [4.69, 9.17) is 9.47 Å². The molecule has 0 spiro atoms. The molecule has 0 aromatic heterocycles. The molecule has 27 heavy (non-hydrogen) atoms. The van der Waals surface area contributed by atoms with Gasteiger partial charge in [0, 0.05) is 24.2 Å². The summed E-state index contributed by atoms with van der Waals surface area (Å²) in [6, 6.07) is 14.5. The second-order valence-electron chi connectivity index (χ2n) is 6.08. The lowest BCUT2D eigenvalue weighted by atomic mass is 10.1. The number of carbonyl (C=O) groups excluding carboxylic acids is 2.